The summed E-state index contributed by atoms with van der Waals surface area (Å²) >= 11 is 3.86. The minimum atomic E-state index is 0. The van der Waals surface area contributed by atoms with Gasteiger partial charge in [-0.3, -0.25) is 0 Å². The van der Waals surface area contributed by atoms with Crippen LogP contribution in [-0.4, -0.2) is 35.0 Å². The second-order valence-electron chi connectivity index (χ2n) is 6.03. The van der Waals surface area contributed by atoms with Crippen molar-refractivity contribution in [2.45, 2.75) is 51.8 Å². The van der Waals surface area contributed by atoms with Gasteiger partial charge in [0.25, 0.3) is 0 Å². The smallest absolute Gasteiger partial charge is 0.191 e. The van der Waals surface area contributed by atoms with Crippen LogP contribution in [0, 0.1) is 5.92 Å². The topological polar surface area (TPSA) is 49.3 Å². The lowest BCUT2D eigenvalue weighted by Crippen LogP contribution is -2.40. The molecule has 1 unspecified atom stereocenters. The van der Waals surface area contributed by atoms with Crippen molar-refractivity contribution in [1.29, 1.82) is 0 Å². The Morgan fingerprint density at radius 1 is 1.43 bits per heavy atom. The standard InChI is InChI=1S/C16H28N4S2.HI/c1-4-17-16(19-9-13-6-5-7-21-13)20-11-14-10-18-15(22-14)8-12(2)3;/h10,12-13H,4-9,11H2,1-3H3,(H2,17,19,20);1H. The van der Waals surface area contributed by atoms with Crippen LogP contribution in [0.2, 0.25) is 0 Å². The summed E-state index contributed by atoms with van der Waals surface area (Å²) in [6.07, 6.45) is 5.71. The van der Waals surface area contributed by atoms with Crippen LogP contribution in [0.5, 0.6) is 0 Å². The molecular formula is C16H29IN4S2. The van der Waals surface area contributed by atoms with Crippen LogP contribution < -0.4 is 10.6 Å². The van der Waals surface area contributed by atoms with E-state index in [4.69, 9.17) is 4.99 Å². The third-order valence-corrected chi connectivity index (χ3v) is 5.85. The van der Waals surface area contributed by atoms with Gasteiger partial charge < -0.3 is 10.6 Å². The molecule has 0 bridgehead atoms. The lowest BCUT2D eigenvalue weighted by molar-refractivity contribution is 0.644. The van der Waals surface area contributed by atoms with Crippen LogP contribution in [0.1, 0.15) is 43.5 Å². The maximum Gasteiger partial charge on any atom is 0.191 e. The van der Waals surface area contributed by atoms with Gasteiger partial charge in [-0.1, -0.05) is 13.8 Å². The molecule has 0 spiro atoms. The number of aromatic nitrogens is 1. The second kappa shape index (κ2) is 11.5. The third kappa shape index (κ3) is 8.07. The van der Waals surface area contributed by atoms with Gasteiger partial charge in [-0.2, -0.15) is 11.8 Å². The van der Waals surface area contributed by atoms with Crippen LogP contribution in [0.4, 0.5) is 0 Å². The van der Waals surface area contributed by atoms with E-state index in [1.54, 1.807) is 11.3 Å². The minimum absolute atomic E-state index is 0. The van der Waals surface area contributed by atoms with E-state index in [-0.39, 0.29) is 24.0 Å². The molecule has 1 saturated heterocycles. The molecule has 2 heterocycles. The Morgan fingerprint density at radius 2 is 2.26 bits per heavy atom. The van der Waals surface area contributed by atoms with Gasteiger partial charge in [0.05, 0.1) is 11.6 Å². The van der Waals surface area contributed by atoms with Crippen molar-refractivity contribution in [3.63, 3.8) is 0 Å². The van der Waals surface area contributed by atoms with Crippen molar-refractivity contribution in [1.82, 2.24) is 15.6 Å². The second-order valence-corrected chi connectivity index (χ2v) is 8.64. The fourth-order valence-electron chi connectivity index (χ4n) is 2.38. The number of hydrogen-bond donors (Lipinski definition) is 2. The number of guanidine groups is 1. The van der Waals surface area contributed by atoms with E-state index in [2.05, 4.69) is 48.2 Å². The first-order valence-electron chi connectivity index (χ1n) is 8.24. The predicted octanol–water partition coefficient (Wildman–Crippen LogP) is 3.91. The van der Waals surface area contributed by atoms with E-state index >= 15 is 0 Å². The van der Waals surface area contributed by atoms with Gasteiger partial charge in [0.2, 0.25) is 0 Å². The molecule has 2 N–H and O–H groups in total. The quantitative estimate of drug-likeness (QED) is 0.362. The predicted molar refractivity (Wildman–Crippen MR) is 114 cm³/mol. The molecule has 0 aliphatic carbocycles. The number of halogens is 1. The molecule has 2 rings (SSSR count). The Kier molecular flexibility index (Phi) is 10.5. The highest BCUT2D eigenvalue weighted by atomic mass is 127. The molecule has 0 amide bonds. The largest absolute Gasteiger partial charge is 0.357 e. The zero-order valence-corrected chi connectivity index (χ0v) is 18.3. The number of nitrogens with one attached hydrogen (secondary N) is 2. The molecule has 0 saturated carbocycles. The summed E-state index contributed by atoms with van der Waals surface area (Å²) in [5.41, 5.74) is 0. The van der Waals surface area contributed by atoms with Gasteiger partial charge in [0.1, 0.15) is 0 Å². The van der Waals surface area contributed by atoms with Crippen molar-refractivity contribution >= 4 is 53.0 Å². The van der Waals surface area contributed by atoms with E-state index in [1.165, 1.54) is 28.5 Å². The zero-order valence-electron chi connectivity index (χ0n) is 14.3. The fraction of sp³-hybridized carbons (Fsp3) is 0.750. The van der Waals surface area contributed by atoms with Crippen LogP contribution in [0.25, 0.3) is 0 Å². The molecule has 1 aromatic heterocycles. The third-order valence-electron chi connectivity index (χ3n) is 3.44. The summed E-state index contributed by atoms with van der Waals surface area (Å²) in [6.45, 7) is 9.18. The highest BCUT2D eigenvalue weighted by Gasteiger charge is 2.15. The maximum atomic E-state index is 4.69. The Labute approximate surface area is 165 Å². The number of hydrogen-bond acceptors (Lipinski definition) is 4. The maximum absolute atomic E-state index is 4.69. The molecule has 7 heteroatoms. The summed E-state index contributed by atoms with van der Waals surface area (Å²) in [4.78, 5) is 10.4. The number of rotatable bonds is 7. The highest BCUT2D eigenvalue weighted by molar-refractivity contribution is 14.0. The van der Waals surface area contributed by atoms with E-state index in [9.17, 15) is 0 Å². The Balaban J connectivity index is 0.00000264. The molecule has 1 aliphatic rings. The van der Waals surface area contributed by atoms with Crippen molar-refractivity contribution in [2.75, 3.05) is 18.8 Å². The number of thioether (sulfide) groups is 1. The van der Waals surface area contributed by atoms with Gasteiger partial charge >= 0.3 is 0 Å². The molecule has 4 nitrogen and oxygen atoms in total. The first-order chi connectivity index (χ1) is 10.7. The average Bonchev–Trinajstić information content (AvgIpc) is 3.13. The van der Waals surface area contributed by atoms with Gasteiger partial charge in [-0.15, -0.1) is 35.3 Å². The minimum Gasteiger partial charge on any atom is -0.357 e. The Bertz CT molecular complexity index is 470. The summed E-state index contributed by atoms with van der Waals surface area (Å²) in [5, 5.41) is 8.77. The van der Waals surface area contributed by atoms with Crippen molar-refractivity contribution in [3.05, 3.63) is 16.1 Å². The fourth-order valence-corrected chi connectivity index (χ4v) is 4.64. The van der Waals surface area contributed by atoms with E-state index < -0.39 is 0 Å². The molecule has 0 radical (unpaired) electrons. The average molecular weight is 468 g/mol. The van der Waals surface area contributed by atoms with Crippen LogP contribution in [0.15, 0.2) is 11.2 Å². The molecular weight excluding hydrogens is 439 g/mol. The highest BCUT2D eigenvalue weighted by Crippen LogP contribution is 2.25. The molecule has 1 aromatic rings. The summed E-state index contributed by atoms with van der Waals surface area (Å²) in [5.74, 6) is 2.89. The summed E-state index contributed by atoms with van der Waals surface area (Å²) in [7, 11) is 0. The van der Waals surface area contributed by atoms with Gasteiger partial charge in [0.15, 0.2) is 5.96 Å². The zero-order chi connectivity index (χ0) is 15.8. The normalized spacial score (nSPS) is 18.1. The van der Waals surface area contributed by atoms with Crippen LogP contribution in [0.3, 0.4) is 0 Å². The summed E-state index contributed by atoms with van der Waals surface area (Å²) in [6, 6.07) is 0. The van der Waals surface area contributed by atoms with Crippen molar-refractivity contribution < 1.29 is 0 Å². The Morgan fingerprint density at radius 3 is 2.91 bits per heavy atom. The first kappa shape index (κ1) is 21.0. The first-order valence-corrected chi connectivity index (χ1v) is 10.1. The van der Waals surface area contributed by atoms with E-state index in [1.807, 2.05) is 6.20 Å². The number of thiazole rings is 1. The monoisotopic (exact) mass is 468 g/mol. The number of aliphatic imine (C=N–C) groups is 1. The summed E-state index contributed by atoms with van der Waals surface area (Å²) < 4.78 is 0. The lowest BCUT2D eigenvalue weighted by atomic mass is 10.1. The molecule has 1 fully saturated rings. The van der Waals surface area contributed by atoms with Gasteiger partial charge in [-0.25, -0.2) is 9.98 Å². The van der Waals surface area contributed by atoms with Gasteiger partial charge in [-0.05, 0) is 31.4 Å². The lowest BCUT2D eigenvalue weighted by Gasteiger charge is -2.14. The van der Waals surface area contributed by atoms with Crippen LogP contribution >= 0.6 is 47.1 Å². The Hall–Kier alpha value is -0.0200. The number of nitrogens with zero attached hydrogens (tertiary/aromatic N) is 2. The SMILES string of the molecule is CCNC(=NCc1cnc(CC(C)C)s1)NCC1CCCS1.I. The molecule has 1 aliphatic heterocycles. The van der Waals surface area contributed by atoms with Gasteiger partial charge in [0, 0.05) is 35.8 Å². The molecule has 23 heavy (non-hydrogen) atoms. The molecule has 0 aromatic carbocycles. The van der Waals surface area contributed by atoms with Crippen LogP contribution in [-0.2, 0) is 13.0 Å². The molecule has 1 atom stereocenters. The van der Waals surface area contributed by atoms with E-state index in [0.29, 0.717) is 12.5 Å². The molecule has 132 valence electrons. The van der Waals surface area contributed by atoms with E-state index in [0.717, 1.165) is 30.7 Å². The van der Waals surface area contributed by atoms with Crippen molar-refractivity contribution in [3.8, 4) is 0 Å². The van der Waals surface area contributed by atoms with Crippen molar-refractivity contribution in [2.24, 2.45) is 10.9 Å².